The van der Waals surface area contributed by atoms with Crippen molar-refractivity contribution in [2.75, 3.05) is 5.01 Å². The molecule has 26 heavy (non-hydrogen) atoms. The van der Waals surface area contributed by atoms with Crippen LogP contribution in [-0.2, 0) is 0 Å². The molecular weight excluding hydrogens is 395 g/mol. The minimum atomic E-state index is -0.465. The quantitative estimate of drug-likeness (QED) is 0.478. The number of rotatable bonds is 3. The lowest BCUT2D eigenvalue weighted by Gasteiger charge is -2.14. The molecule has 2 amide bonds. The van der Waals surface area contributed by atoms with E-state index in [-0.39, 0.29) is 12.4 Å². The topological polar surface area (TPSA) is 41.3 Å². The molecule has 0 aliphatic rings. The van der Waals surface area contributed by atoms with Crippen molar-refractivity contribution in [1.82, 2.24) is 0 Å². The number of hydrogen-bond donors (Lipinski definition) is 0. The average Bonchev–Trinajstić information content (AvgIpc) is 2.64. The maximum Gasteiger partial charge on any atom is 0.318 e. The molecule has 2 aromatic carbocycles. The van der Waals surface area contributed by atoms with Gasteiger partial charge in [0.2, 0.25) is 12.4 Å². The van der Waals surface area contributed by atoms with Gasteiger partial charge in [-0.3, -0.25) is 9.59 Å². The zero-order chi connectivity index (χ0) is 17.8. The Hall–Kier alpha value is -2.40. The summed E-state index contributed by atoms with van der Waals surface area (Å²) in [6.45, 7) is 0. The van der Waals surface area contributed by atoms with Crippen molar-refractivity contribution in [2.24, 2.45) is 0 Å². The summed E-state index contributed by atoms with van der Waals surface area (Å²) in [5, 5.41) is 2.09. The normalized spacial score (nSPS) is 9.92. The summed E-state index contributed by atoms with van der Waals surface area (Å²) >= 11 is 11.8. The number of pyridine rings is 1. The Morgan fingerprint density at radius 1 is 0.692 bits per heavy atom. The third-order valence-electron chi connectivity index (χ3n) is 3.50. The number of benzene rings is 2. The number of amides is 2. The van der Waals surface area contributed by atoms with E-state index < -0.39 is 11.8 Å². The number of halogens is 3. The van der Waals surface area contributed by atoms with Gasteiger partial charge in [-0.15, -0.1) is 0 Å². The first kappa shape index (κ1) is 19.9. The molecule has 3 rings (SSSR count). The summed E-state index contributed by atoms with van der Waals surface area (Å²) in [5.74, 6) is -0.930. The van der Waals surface area contributed by atoms with E-state index in [9.17, 15) is 9.59 Å². The van der Waals surface area contributed by atoms with Crippen molar-refractivity contribution >= 4 is 35.0 Å². The van der Waals surface area contributed by atoms with Crippen LogP contribution < -0.4 is 22.1 Å². The third-order valence-corrected chi connectivity index (χ3v) is 4.00. The fourth-order valence-corrected chi connectivity index (χ4v) is 2.51. The van der Waals surface area contributed by atoms with Gasteiger partial charge in [-0.05, 0) is 53.5 Å². The summed E-state index contributed by atoms with van der Waals surface area (Å²) in [7, 11) is 0. The van der Waals surface area contributed by atoms with Crippen molar-refractivity contribution in [1.29, 1.82) is 0 Å². The van der Waals surface area contributed by atoms with Crippen LogP contribution in [0.25, 0.3) is 0 Å². The highest BCUT2D eigenvalue weighted by Gasteiger charge is 2.32. The molecule has 0 aliphatic carbocycles. The van der Waals surface area contributed by atoms with E-state index in [1.54, 1.807) is 79.1 Å². The highest BCUT2D eigenvalue weighted by Crippen LogP contribution is 2.14. The van der Waals surface area contributed by atoms with E-state index in [0.717, 1.165) is 5.01 Å². The second kappa shape index (κ2) is 8.81. The van der Waals surface area contributed by atoms with Crippen molar-refractivity contribution in [3.63, 3.8) is 0 Å². The van der Waals surface area contributed by atoms with Gasteiger partial charge in [-0.25, -0.2) is 0 Å². The molecule has 0 aliphatic heterocycles. The van der Waals surface area contributed by atoms with Crippen LogP contribution in [0.4, 0.5) is 0 Å². The molecule has 0 spiro atoms. The van der Waals surface area contributed by atoms with E-state index in [1.807, 2.05) is 0 Å². The fourth-order valence-electron chi connectivity index (χ4n) is 2.25. The molecule has 0 bridgehead atoms. The van der Waals surface area contributed by atoms with Crippen molar-refractivity contribution in [2.45, 2.75) is 0 Å². The summed E-state index contributed by atoms with van der Waals surface area (Å²) < 4.78 is 1.44. The third kappa shape index (κ3) is 4.41. The molecule has 132 valence electrons. The maximum absolute atomic E-state index is 13.0. The van der Waals surface area contributed by atoms with E-state index in [1.165, 1.54) is 4.68 Å². The van der Waals surface area contributed by atoms with E-state index in [2.05, 4.69) is 0 Å². The lowest BCUT2D eigenvalue weighted by Crippen LogP contribution is -3.00. The molecule has 0 fully saturated rings. The summed E-state index contributed by atoms with van der Waals surface area (Å²) in [4.78, 5) is 25.9. The van der Waals surface area contributed by atoms with Crippen LogP contribution in [-0.4, -0.2) is 11.8 Å². The van der Waals surface area contributed by atoms with Crippen LogP contribution in [0.3, 0.4) is 0 Å². The predicted octanol–water partition coefficient (Wildman–Crippen LogP) is 0.904. The molecule has 1 aromatic heterocycles. The molecule has 3 aromatic rings. The maximum atomic E-state index is 13.0. The molecule has 0 saturated heterocycles. The van der Waals surface area contributed by atoms with E-state index in [4.69, 9.17) is 23.2 Å². The molecule has 0 unspecified atom stereocenters. The zero-order valence-electron chi connectivity index (χ0n) is 13.4. The molecule has 0 radical (unpaired) electrons. The van der Waals surface area contributed by atoms with Crippen LogP contribution in [0.1, 0.15) is 20.7 Å². The fraction of sp³-hybridized carbons (Fsp3) is 0. The van der Waals surface area contributed by atoms with Gasteiger partial charge < -0.3 is 12.4 Å². The molecule has 0 N–H and O–H groups in total. The van der Waals surface area contributed by atoms with Gasteiger partial charge in [0.1, 0.15) is 0 Å². The van der Waals surface area contributed by atoms with Gasteiger partial charge in [0.25, 0.3) is 0 Å². The Balaban J connectivity index is 0.00000243. The lowest BCUT2D eigenvalue weighted by molar-refractivity contribution is -0.671. The smallest absolute Gasteiger partial charge is 0.318 e. The Labute approximate surface area is 167 Å². The van der Waals surface area contributed by atoms with Crippen LogP contribution in [0.2, 0.25) is 10.0 Å². The Morgan fingerprint density at radius 2 is 1.08 bits per heavy atom. The van der Waals surface area contributed by atoms with Gasteiger partial charge in [-0.2, -0.15) is 0 Å². The standard InChI is InChI=1S/C19H13Cl2N2O2.ClH/c20-16-8-4-14(5-9-16)18(24)23(22-12-2-1-3-13-22)19(25)15-6-10-17(21)11-7-15;/h1-13H;1H/q+1;/p-1. The predicted molar refractivity (Wildman–Crippen MR) is 96.4 cm³/mol. The molecule has 1 heterocycles. The second-order valence-electron chi connectivity index (χ2n) is 5.19. The van der Waals surface area contributed by atoms with Crippen molar-refractivity contribution in [3.8, 4) is 0 Å². The minimum Gasteiger partial charge on any atom is -1.00 e. The first-order valence-corrected chi connectivity index (χ1v) is 8.18. The number of imide groups is 1. The second-order valence-corrected chi connectivity index (χ2v) is 6.06. The lowest BCUT2D eigenvalue weighted by atomic mass is 10.1. The highest BCUT2D eigenvalue weighted by atomic mass is 35.5. The number of aromatic nitrogens is 1. The van der Waals surface area contributed by atoms with Gasteiger partial charge >= 0.3 is 11.8 Å². The van der Waals surface area contributed by atoms with Crippen molar-refractivity contribution < 1.29 is 26.7 Å². The van der Waals surface area contributed by atoms with E-state index in [0.29, 0.717) is 21.2 Å². The Morgan fingerprint density at radius 3 is 1.46 bits per heavy atom. The average molecular weight is 408 g/mol. The monoisotopic (exact) mass is 406 g/mol. The summed E-state index contributed by atoms with van der Waals surface area (Å²) in [6.07, 6.45) is 3.25. The Bertz CT molecular complexity index is 841. The number of nitrogens with zero attached hydrogens (tertiary/aromatic N) is 2. The molecular formula is C19H13Cl3N2O2. The van der Waals surface area contributed by atoms with Crippen molar-refractivity contribution in [3.05, 3.63) is 100 Å². The number of carbonyl (C=O) groups excluding carboxylic acids is 2. The van der Waals surface area contributed by atoms with E-state index >= 15 is 0 Å². The Kier molecular flexibility index (Phi) is 6.75. The molecule has 0 saturated carbocycles. The largest absolute Gasteiger partial charge is 1.00 e. The summed E-state index contributed by atoms with van der Waals surface area (Å²) in [6, 6.07) is 18.0. The van der Waals surface area contributed by atoms with Gasteiger partial charge in [-0.1, -0.05) is 33.9 Å². The molecule has 4 nitrogen and oxygen atoms in total. The number of carbonyl (C=O) groups is 2. The zero-order valence-corrected chi connectivity index (χ0v) is 15.6. The van der Waals surface area contributed by atoms with Crippen LogP contribution in [0.5, 0.6) is 0 Å². The molecule has 0 atom stereocenters. The number of hydrogen-bond acceptors (Lipinski definition) is 2. The van der Waals surface area contributed by atoms with Crippen LogP contribution in [0, 0.1) is 0 Å². The summed E-state index contributed by atoms with van der Waals surface area (Å²) in [5.41, 5.74) is 0.700. The van der Waals surface area contributed by atoms with Crippen LogP contribution >= 0.6 is 23.2 Å². The van der Waals surface area contributed by atoms with Crippen LogP contribution in [0.15, 0.2) is 79.1 Å². The first-order valence-electron chi connectivity index (χ1n) is 7.43. The first-order chi connectivity index (χ1) is 12.1. The minimum absolute atomic E-state index is 0. The van der Waals surface area contributed by atoms with Gasteiger partial charge in [0.15, 0.2) is 0 Å². The highest BCUT2D eigenvalue weighted by molar-refractivity contribution is 6.31. The SMILES string of the molecule is O=C(c1ccc(Cl)cc1)N(C(=O)c1ccc(Cl)cc1)[n+]1ccccc1.[Cl-]. The molecule has 7 heteroatoms. The van der Waals surface area contributed by atoms with Gasteiger partial charge in [0, 0.05) is 33.3 Å². The van der Waals surface area contributed by atoms with Gasteiger partial charge in [0.05, 0.1) is 0 Å².